The van der Waals surface area contributed by atoms with Crippen LogP contribution in [0, 0.1) is 0 Å². The van der Waals surface area contributed by atoms with E-state index in [9.17, 15) is 9.59 Å². The molecule has 0 amide bonds. The zero-order valence-electron chi connectivity index (χ0n) is 22.1. The Balaban J connectivity index is 1.92. The van der Waals surface area contributed by atoms with Gasteiger partial charge in [0.1, 0.15) is 0 Å². The number of allylic oxidation sites excluding steroid dienone is 2. The molecule has 0 unspecified atom stereocenters. The highest BCUT2D eigenvalue weighted by Crippen LogP contribution is 2.34. The van der Waals surface area contributed by atoms with Crippen molar-refractivity contribution in [3.8, 4) is 0 Å². The summed E-state index contributed by atoms with van der Waals surface area (Å²) in [6.45, 7) is 5.76. The average molecular weight is 487 g/mol. The minimum Gasteiger partial charge on any atom is -0.381 e. The largest absolute Gasteiger partial charge is 0.381 e. The first-order valence-corrected chi connectivity index (χ1v) is 13.9. The van der Waals surface area contributed by atoms with Crippen LogP contribution >= 0.6 is 0 Å². The Morgan fingerprint density at radius 2 is 0.861 bits per heavy atom. The first kappa shape index (κ1) is 27.4. The Kier molecular flexibility index (Phi) is 11.5. The van der Waals surface area contributed by atoms with E-state index in [4.69, 9.17) is 0 Å². The highest BCUT2D eigenvalue weighted by molar-refractivity contribution is 6.47. The molecule has 0 aromatic heterocycles. The van der Waals surface area contributed by atoms with Crippen molar-refractivity contribution in [2.45, 2.75) is 78.1 Å². The Hall–Kier alpha value is -3.14. The molecule has 0 bridgehead atoms. The monoisotopic (exact) mass is 486 g/mol. The van der Waals surface area contributed by atoms with Gasteiger partial charge in [0.15, 0.2) is 0 Å². The van der Waals surface area contributed by atoms with Gasteiger partial charge in [-0.25, -0.2) is 0 Å². The minimum absolute atomic E-state index is 0.110. The van der Waals surface area contributed by atoms with Crippen LogP contribution in [-0.4, -0.2) is 24.7 Å². The summed E-state index contributed by atoms with van der Waals surface area (Å²) >= 11 is 0. The third-order valence-corrected chi connectivity index (χ3v) is 6.70. The van der Waals surface area contributed by atoms with E-state index in [0.717, 1.165) is 36.8 Å². The summed E-state index contributed by atoms with van der Waals surface area (Å²) in [6, 6.07) is 19.2. The van der Waals surface area contributed by atoms with Gasteiger partial charge < -0.3 is 10.6 Å². The SMILES string of the molecule is CCCCCCCNC1=C(c2ccccc2)C(=O)C(NCCCCCCC)=C(c2ccccc2)C1=O. The van der Waals surface area contributed by atoms with E-state index in [1.54, 1.807) is 0 Å². The van der Waals surface area contributed by atoms with E-state index in [0.29, 0.717) is 35.6 Å². The van der Waals surface area contributed by atoms with Crippen molar-refractivity contribution in [1.29, 1.82) is 0 Å². The fraction of sp³-hybridized carbons (Fsp3) is 0.438. The second-order valence-corrected chi connectivity index (χ2v) is 9.57. The van der Waals surface area contributed by atoms with Gasteiger partial charge in [-0.05, 0) is 24.0 Å². The minimum atomic E-state index is -0.110. The molecule has 1 aliphatic rings. The third kappa shape index (κ3) is 7.43. The van der Waals surface area contributed by atoms with Crippen LogP contribution in [0.15, 0.2) is 72.1 Å². The highest BCUT2D eigenvalue weighted by atomic mass is 16.1. The lowest BCUT2D eigenvalue weighted by Gasteiger charge is -2.26. The van der Waals surface area contributed by atoms with E-state index < -0.39 is 0 Å². The zero-order chi connectivity index (χ0) is 25.6. The second kappa shape index (κ2) is 15.1. The molecule has 2 N–H and O–H groups in total. The number of benzene rings is 2. The van der Waals surface area contributed by atoms with Crippen LogP contribution in [0.5, 0.6) is 0 Å². The van der Waals surface area contributed by atoms with Gasteiger partial charge in [-0.15, -0.1) is 0 Å². The number of ketones is 2. The predicted octanol–water partition coefficient (Wildman–Crippen LogP) is 7.08. The molecule has 192 valence electrons. The number of hydrogen-bond acceptors (Lipinski definition) is 4. The molecule has 0 aliphatic heterocycles. The zero-order valence-corrected chi connectivity index (χ0v) is 22.1. The summed E-state index contributed by atoms with van der Waals surface area (Å²) in [5, 5.41) is 6.77. The molecule has 0 fully saturated rings. The Bertz CT molecular complexity index is 953. The van der Waals surface area contributed by atoms with Crippen molar-refractivity contribution in [2.24, 2.45) is 0 Å². The number of unbranched alkanes of at least 4 members (excludes halogenated alkanes) is 8. The molecule has 36 heavy (non-hydrogen) atoms. The fourth-order valence-electron chi connectivity index (χ4n) is 4.69. The maximum atomic E-state index is 14.0. The molecule has 0 radical (unpaired) electrons. The lowest BCUT2D eigenvalue weighted by Crippen LogP contribution is -2.35. The van der Waals surface area contributed by atoms with Crippen LogP contribution in [-0.2, 0) is 9.59 Å². The molecule has 0 heterocycles. The quantitative estimate of drug-likeness (QED) is 0.197. The van der Waals surface area contributed by atoms with Crippen LogP contribution in [0.1, 0.15) is 89.2 Å². The van der Waals surface area contributed by atoms with Crippen molar-refractivity contribution in [1.82, 2.24) is 10.6 Å². The fourth-order valence-corrected chi connectivity index (χ4v) is 4.69. The molecule has 3 rings (SSSR count). The van der Waals surface area contributed by atoms with Gasteiger partial charge in [0.2, 0.25) is 11.6 Å². The standard InChI is InChI=1S/C32H42N2O2/c1-3-5-7-9-17-23-33-29-27(25-19-13-11-14-20-25)32(36)30(34-24-18-10-8-6-4-2)28(31(29)35)26-21-15-12-16-22-26/h11-16,19-22,33-34H,3-10,17-18,23-24H2,1-2H3. The van der Waals surface area contributed by atoms with Crippen LogP contribution in [0.4, 0.5) is 0 Å². The van der Waals surface area contributed by atoms with E-state index >= 15 is 0 Å². The summed E-state index contributed by atoms with van der Waals surface area (Å²) in [4.78, 5) is 28.1. The maximum absolute atomic E-state index is 14.0. The van der Waals surface area contributed by atoms with Crippen molar-refractivity contribution in [2.75, 3.05) is 13.1 Å². The number of Topliss-reactive ketones (excluding diaryl/α,β-unsaturated/α-hetero) is 2. The number of hydrogen-bond donors (Lipinski definition) is 2. The summed E-state index contributed by atoms with van der Waals surface area (Å²) < 4.78 is 0. The number of carbonyl (C=O) groups is 2. The lowest BCUT2D eigenvalue weighted by molar-refractivity contribution is -0.114. The second-order valence-electron chi connectivity index (χ2n) is 9.57. The van der Waals surface area contributed by atoms with Gasteiger partial charge in [-0.2, -0.15) is 0 Å². The molecule has 0 saturated carbocycles. The smallest absolute Gasteiger partial charge is 0.212 e. The topological polar surface area (TPSA) is 58.2 Å². The maximum Gasteiger partial charge on any atom is 0.212 e. The molecular formula is C32H42N2O2. The number of nitrogens with one attached hydrogen (secondary N) is 2. The van der Waals surface area contributed by atoms with Crippen LogP contribution in [0.2, 0.25) is 0 Å². The van der Waals surface area contributed by atoms with Crippen molar-refractivity contribution < 1.29 is 9.59 Å². The Morgan fingerprint density at radius 3 is 1.22 bits per heavy atom. The van der Waals surface area contributed by atoms with E-state index in [2.05, 4.69) is 24.5 Å². The molecule has 0 spiro atoms. The highest BCUT2D eigenvalue weighted by Gasteiger charge is 2.35. The van der Waals surface area contributed by atoms with E-state index in [-0.39, 0.29) is 11.6 Å². The Morgan fingerprint density at radius 1 is 0.500 bits per heavy atom. The van der Waals surface area contributed by atoms with Crippen LogP contribution in [0.25, 0.3) is 11.1 Å². The molecule has 0 saturated heterocycles. The van der Waals surface area contributed by atoms with Gasteiger partial charge in [0.25, 0.3) is 0 Å². The molecule has 1 aliphatic carbocycles. The summed E-state index contributed by atoms with van der Waals surface area (Å²) in [5.74, 6) is -0.219. The lowest BCUT2D eigenvalue weighted by atomic mass is 9.84. The van der Waals surface area contributed by atoms with Gasteiger partial charge >= 0.3 is 0 Å². The van der Waals surface area contributed by atoms with Gasteiger partial charge in [-0.3, -0.25) is 9.59 Å². The average Bonchev–Trinajstić information content (AvgIpc) is 2.91. The van der Waals surface area contributed by atoms with Gasteiger partial charge in [0.05, 0.1) is 22.5 Å². The molecule has 2 aromatic rings. The van der Waals surface area contributed by atoms with Gasteiger partial charge in [-0.1, -0.05) is 126 Å². The van der Waals surface area contributed by atoms with E-state index in [1.807, 2.05) is 60.7 Å². The van der Waals surface area contributed by atoms with Crippen LogP contribution in [0.3, 0.4) is 0 Å². The molecule has 4 nitrogen and oxygen atoms in total. The van der Waals surface area contributed by atoms with Gasteiger partial charge in [0, 0.05) is 13.1 Å². The van der Waals surface area contributed by atoms with Crippen molar-refractivity contribution in [3.63, 3.8) is 0 Å². The summed E-state index contributed by atoms with van der Waals surface area (Å²) in [6.07, 6.45) is 11.4. The normalized spacial score (nSPS) is 13.9. The van der Waals surface area contributed by atoms with Crippen molar-refractivity contribution >= 4 is 22.7 Å². The first-order chi connectivity index (χ1) is 17.7. The van der Waals surface area contributed by atoms with Crippen LogP contribution < -0.4 is 10.6 Å². The summed E-state index contributed by atoms with van der Waals surface area (Å²) in [7, 11) is 0. The number of rotatable bonds is 16. The first-order valence-electron chi connectivity index (χ1n) is 13.9. The summed E-state index contributed by atoms with van der Waals surface area (Å²) in [5.41, 5.74) is 3.35. The molecule has 2 aromatic carbocycles. The Labute approximate surface area is 217 Å². The van der Waals surface area contributed by atoms with Crippen molar-refractivity contribution in [3.05, 3.63) is 83.2 Å². The molecule has 4 heteroatoms. The van der Waals surface area contributed by atoms with E-state index in [1.165, 1.54) is 38.5 Å². The third-order valence-electron chi connectivity index (χ3n) is 6.70. The number of carbonyl (C=O) groups excluding carboxylic acids is 2. The molecule has 0 atom stereocenters. The predicted molar refractivity (Wildman–Crippen MR) is 150 cm³/mol. The molecular weight excluding hydrogens is 444 g/mol.